The largest absolute Gasteiger partial charge is 0.489 e. The minimum Gasteiger partial charge on any atom is -0.489 e. The number of carbonyl (C=O) groups excluding carboxylic acids is 1. The summed E-state index contributed by atoms with van der Waals surface area (Å²) in [5, 5.41) is 0. The molecule has 0 atom stereocenters. The second kappa shape index (κ2) is 7.43. The van der Waals surface area contributed by atoms with Gasteiger partial charge in [0.1, 0.15) is 18.2 Å². The molecule has 3 nitrogen and oxygen atoms in total. The van der Waals surface area contributed by atoms with Crippen LogP contribution in [0, 0.1) is 5.82 Å². The Labute approximate surface area is 123 Å². The first kappa shape index (κ1) is 15.0. The third-order valence-corrected chi connectivity index (χ3v) is 2.87. The van der Waals surface area contributed by atoms with Gasteiger partial charge in [0, 0.05) is 0 Å². The second-order valence-corrected chi connectivity index (χ2v) is 4.54. The van der Waals surface area contributed by atoms with E-state index in [1.54, 1.807) is 25.1 Å². The summed E-state index contributed by atoms with van der Waals surface area (Å²) in [6.07, 6.45) is 0.224. The number of carbonyl (C=O) groups is 1. The van der Waals surface area contributed by atoms with Crippen molar-refractivity contribution in [1.82, 2.24) is 0 Å². The van der Waals surface area contributed by atoms with Crippen LogP contribution in [0.4, 0.5) is 4.39 Å². The molecule has 0 aliphatic rings. The highest BCUT2D eigenvalue weighted by Gasteiger charge is 2.05. The first-order chi connectivity index (χ1) is 10.2. The third-order valence-electron chi connectivity index (χ3n) is 2.87. The monoisotopic (exact) mass is 288 g/mol. The predicted molar refractivity (Wildman–Crippen MR) is 77.5 cm³/mol. The van der Waals surface area contributed by atoms with Crippen LogP contribution >= 0.6 is 0 Å². The fraction of sp³-hybridized carbons (Fsp3) is 0.235. The van der Waals surface area contributed by atoms with Gasteiger partial charge < -0.3 is 9.47 Å². The summed E-state index contributed by atoms with van der Waals surface area (Å²) in [5.74, 6) is 0.143. The maximum atomic E-state index is 12.8. The standard InChI is InChI=1S/C17H17FO3/c1-2-20-17(19)11-14-4-3-5-16(10-14)21-12-13-6-8-15(18)9-7-13/h3-10H,2,11-12H2,1H3. The summed E-state index contributed by atoms with van der Waals surface area (Å²) >= 11 is 0. The van der Waals surface area contributed by atoms with Crippen molar-refractivity contribution in [2.75, 3.05) is 6.61 Å². The highest BCUT2D eigenvalue weighted by molar-refractivity contribution is 5.72. The number of benzene rings is 2. The summed E-state index contributed by atoms with van der Waals surface area (Å²) in [6, 6.07) is 13.5. The second-order valence-electron chi connectivity index (χ2n) is 4.54. The molecule has 0 saturated heterocycles. The molecular weight excluding hydrogens is 271 g/mol. The van der Waals surface area contributed by atoms with Gasteiger partial charge in [-0.2, -0.15) is 0 Å². The van der Waals surface area contributed by atoms with Gasteiger partial charge in [-0.3, -0.25) is 4.79 Å². The SMILES string of the molecule is CCOC(=O)Cc1cccc(OCc2ccc(F)cc2)c1. The van der Waals surface area contributed by atoms with Crippen molar-refractivity contribution in [3.05, 3.63) is 65.5 Å². The van der Waals surface area contributed by atoms with Gasteiger partial charge in [-0.1, -0.05) is 24.3 Å². The summed E-state index contributed by atoms with van der Waals surface area (Å²) in [7, 11) is 0. The van der Waals surface area contributed by atoms with E-state index in [4.69, 9.17) is 9.47 Å². The number of esters is 1. The van der Waals surface area contributed by atoms with Crippen molar-refractivity contribution in [2.45, 2.75) is 20.0 Å². The lowest BCUT2D eigenvalue weighted by Crippen LogP contribution is -2.07. The fourth-order valence-corrected chi connectivity index (χ4v) is 1.87. The van der Waals surface area contributed by atoms with Crippen LogP contribution in [0.3, 0.4) is 0 Å². The molecule has 0 aliphatic carbocycles. The molecule has 21 heavy (non-hydrogen) atoms. The zero-order valence-electron chi connectivity index (χ0n) is 11.8. The lowest BCUT2D eigenvalue weighted by Gasteiger charge is -2.08. The first-order valence-electron chi connectivity index (χ1n) is 6.79. The number of hydrogen-bond donors (Lipinski definition) is 0. The van der Waals surface area contributed by atoms with Crippen LogP contribution in [0.1, 0.15) is 18.1 Å². The number of rotatable bonds is 6. The van der Waals surface area contributed by atoms with E-state index in [1.807, 2.05) is 18.2 Å². The first-order valence-corrected chi connectivity index (χ1v) is 6.79. The van der Waals surface area contributed by atoms with Gasteiger partial charge >= 0.3 is 5.97 Å². The molecule has 0 unspecified atom stereocenters. The third kappa shape index (κ3) is 4.91. The van der Waals surface area contributed by atoms with Crippen LogP contribution < -0.4 is 4.74 Å². The van der Waals surface area contributed by atoms with Crippen molar-refractivity contribution >= 4 is 5.97 Å². The Morgan fingerprint density at radius 1 is 1.10 bits per heavy atom. The molecule has 0 N–H and O–H groups in total. The zero-order chi connectivity index (χ0) is 15.1. The van der Waals surface area contributed by atoms with Gasteiger partial charge in [0.25, 0.3) is 0 Å². The molecule has 0 spiro atoms. The average Bonchev–Trinajstić information content (AvgIpc) is 2.47. The topological polar surface area (TPSA) is 35.5 Å². The van der Waals surface area contributed by atoms with Crippen LogP contribution in [0.5, 0.6) is 5.75 Å². The molecule has 2 aromatic rings. The smallest absolute Gasteiger partial charge is 0.310 e. The van der Waals surface area contributed by atoms with Gasteiger partial charge in [-0.15, -0.1) is 0 Å². The molecule has 0 fully saturated rings. The Bertz CT molecular complexity index is 593. The Morgan fingerprint density at radius 3 is 2.57 bits per heavy atom. The molecule has 2 aromatic carbocycles. The molecule has 4 heteroatoms. The van der Waals surface area contributed by atoms with E-state index >= 15 is 0 Å². The molecule has 0 aliphatic heterocycles. The van der Waals surface area contributed by atoms with Crippen LogP contribution in [0.2, 0.25) is 0 Å². The fourth-order valence-electron chi connectivity index (χ4n) is 1.87. The summed E-state index contributed by atoms with van der Waals surface area (Å²) in [6.45, 7) is 2.50. The molecule has 0 heterocycles. The zero-order valence-corrected chi connectivity index (χ0v) is 11.8. The summed E-state index contributed by atoms with van der Waals surface area (Å²) in [5.41, 5.74) is 1.72. The van der Waals surface area contributed by atoms with Crippen LogP contribution in [-0.4, -0.2) is 12.6 Å². The van der Waals surface area contributed by atoms with Crippen molar-refractivity contribution in [3.63, 3.8) is 0 Å². The Hall–Kier alpha value is -2.36. The maximum absolute atomic E-state index is 12.8. The van der Waals surface area contributed by atoms with Crippen LogP contribution in [0.15, 0.2) is 48.5 Å². The Kier molecular flexibility index (Phi) is 5.32. The molecule has 0 amide bonds. The minimum atomic E-state index is -0.268. The van der Waals surface area contributed by atoms with Gasteiger partial charge in [0.05, 0.1) is 13.0 Å². The average molecular weight is 288 g/mol. The predicted octanol–water partition coefficient (Wildman–Crippen LogP) is 3.51. The Balaban J connectivity index is 1.94. The molecule has 0 bridgehead atoms. The molecule has 0 aromatic heterocycles. The molecule has 110 valence electrons. The number of ether oxygens (including phenoxy) is 2. The highest BCUT2D eigenvalue weighted by Crippen LogP contribution is 2.16. The van der Waals surface area contributed by atoms with E-state index < -0.39 is 0 Å². The van der Waals surface area contributed by atoms with Crippen molar-refractivity contribution < 1.29 is 18.7 Å². The lowest BCUT2D eigenvalue weighted by molar-refractivity contribution is -0.142. The van der Waals surface area contributed by atoms with Crippen molar-refractivity contribution in [3.8, 4) is 5.75 Å². The van der Waals surface area contributed by atoms with E-state index in [9.17, 15) is 9.18 Å². The quantitative estimate of drug-likeness (QED) is 0.763. The van der Waals surface area contributed by atoms with Crippen LogP contribution in [0.25, 0.3) is 0 Å². The Morgan fingerprint density at radius 2 is 1.86 bits per heavy atom. The van der Waals surface area contributed by atoms with E-state index in [0.717, 1.165) is 11.1 Å². The number of hydrogen-bond acceptors (Lipinski definition) is 3. The lowest BCUT2D eigenvalue weighted by atomic mass is 10.1. The minimum absolute atomic E-state index is 0.224. The van der Waals surface area contributed by atoms with Gasteiger partial charge in [0.15, 0.2) is 0 Å². The molecule has 2 rings (SSSR count). The van der Waals surface area contributed by atoms with E-state index in [2.05, 4.69) is 0 Å². The van der Waals surface area contributed by atoms with E-state index in [1.165, 1.54) is 12.1 Å². The summed E-state index contributed by atoms with van der Waals surface area (Å²) in [4.78, 5) is 11.4. The number of halogens is 1. The maximum Gasteiger partial charge on any atom is 0.310 e. The van der Waals surface area contributed by atoms with Gasteiger partial charge in [0.2, 0.25) is 0 Å². The van der Waals surface area contributed by atoms with Gasteiger partial charge in [-0.25, -0.2) is 4.39 Å². The molecule has 0 saturated carbocycles. The van der Waals surface area contributed by atoms with E-state index in [0.29, 0.717) is 19.0 Å². The van der Waals surface area contributed by atoms with E-state index in [-0.39, 0.29) is 18.2 Å². The molecular formula is C17H17FO3. The normalized spacial score (nSPS) is 10.2. The van der Waals surface area contributed by atoms with Gasteiger partial charge in [-0.05, 0) is 42.3 Å². The highest BCUT2D eigenvalue weighted by atomic mass is 19.1. The van der Waals surface area contributed by atoms with Crippen LogP contribution in [-0.2, 0) is 22.6 Å². The summed E-state index contributed by atoms with van der Waals surface area (Å²) < 4.78 is 23.4. The molecule has 0 radical (unpaired) electrons. The van der Waals surface area contributed by atoms with Crippen molar-refractivity contribution in [1.29, 1.82) is 0 Å². The van der Waals surface area contributed by atoms with Crippen molar-refractivity contribution in [2.24, 2.45) is 0 Å².